The molecule has 2 aromatic rings. The van der Waals surface area contributed by atoms with Crippen LogP contribution < -0.4 is 5.73 Å². The monoisotopic (exact) mass is 174 g/mol. The van der Waals surface area contributed by atoms with E-state index in [9.17, 15) is 0 Å². The second kappa shape index (κ2) is 2.90. The van der Waals surface area contributed by atoms with Crippen LogP contribution in [0, 0.1) is 6.92 Å². The highest BCUT2D eigenvalue weighted by Gasteiger charge is 2.00. The van der Waals surface area contributed by atoms with Gasteiger partial charge in [-0.2, -0.15) is 0 Å². The summed E-state index contributed by atoms with van der Waals surface area (Å²) in [6.07, 6.45) is 3.45. The van der Waals surface area contributed by atoms with Crippen molar-refractivity contribution in [1.29, 1.82) is 0 Å². The van der Waals surface area contributed by atoms with Gasteiger partial charge in [0.15, 0.2) is 0 Å². The molecule has 13 heavy (non-hydrogen) atoms. The molecule has 0 aliphatic carbocycles. The molecule has 2 aromatic heterocycles. The van der Waals surface area contributed by atoms with Gasteiger partial charge in [-0.15, -0.1) is 0 Å². The van der Waals surface area contributed by atoms with Crippen molar-refractivity contribution in [3.05, 3.63) is 30.2 Å². The molecule has 66 valence electrons. The molecule has 4 heteroatoms. The van der Waals surface area contributed by atoms with Crippen LogP contribution in [0.25, 0.3) is 11.4 Å². The number of hydrogen-bond acceptors (Lipinski definition) is 3. The van der Waals surface area contributed by atoms with E-state index in [2.05, 4.69) is 15.0 Å². The van der Waals surface area contributed by atoms with E-state index in [0.29, 0.717) is 5.82 Å². The summed E-state index contributed by atoms with van der Waals surface area (Å²) in [5.74, 6) is 1.33. The smallest absolute Gasteiger partial charge is 0.137 e. The molecule has 0 bridgehead atoms. The van der Waals surface area contributed by atoms with E-state index in [-0.39, 0.29) is 0 Å². The van der Waals surface area contributed by atoms with Gasteiger partial charge in [-0.3, -0.25) is 0 Å². The van der Waals surface area contributed by atoms with Crippen molar-refractivity contribution in [3.8, 4) is 11.4 Å². The highest BCUT2D eigenvalue weighted by Crippen LogP contribution is 2.15. The Morgan fingerprint density at radius 1 is 1.38 bits per heavy atom. The lowest BCUT2D eigenvalue weighted by Gasteiger charge is -1.96. The van der Waals surface area contributed by atoms with Gasteiger partial charge in [0.1, 0.15) is 11.6 Å². The molecule has 0 aromatic carbocycles. The molecule has 0 fully saturated rings. The number of nitrogens with two attached hydrogens (primary N) is 1. The first kappa shape index (κ1) is 7.79. The van der Waals surface area contributed by atoms with Crippen LogP contribution in [0.4, 0.5) is 5.82 Å². The Kier molecular flexibility index (Phi) is 1.73. The molecule has 0 spiro atoms. The molecule has 2 rings (SSSR count). The SMILES string of the molecule is Cc1cnc(-c2ccnc(N)c2)[nH]1. The van der Waals surface area contributed by atoms with Crippen molar-refractivity contribution in [1.82, 2.24) is 15.0 Å². The Balaban J connectivity index is 2.46. The van der Waals surface area contributed by atoms with Gasteiger partial charge in [0.25, 0.3) is 0 Å². The first-order valence-electron chi connectivity index (χ1n) is 3.99. The largest absolute Gasteiger partial charge is 0.384 e. The average Bonchev–Trinajstić information content (AvgIpc) is 2.52. The van der Waals surface area contributed by atoms with Crippen molar-refractivity contribution >= 4 is 5.82 Å². The Morgan fingerprint density at radius 3 is 2.85 bits per heavy atom. The van der Waals surface area contributed by atoms with Crippen LogP contribution in [0.1, 0.15) is 5.69 Å². The maximum atomic E-state index is 5.55. The quantitative estimate of drug-likeness (QED) is 0.686. The Hall–Kier alpha value is -1.84. The molecule has 0 aliphatic heterocycles. The minimum Gasteiger partial charge on any atom is -0.384 e. The first-order valence-corrected chi connectivity index (χ1v) is 3.99. The number of aromatic amines is 1. The lowest BCUT2D eigenvalue weighted by Crippen LogP contribution is -1.90. The van der Waals surface area contributed by atoms with Gasteiger partial charge in [-0.1, -0.05) is 0 Å². The molecular weight excluding hydrogens is 164 g/mol. The van der Waals surface area contributed by atoms with Crippen LogP contribution in [-0.4, -0.2) is 15.0 Å². The topological polar surface area (TPSA) is 67.6 Å². The first-order chi connectivity index (χ1) is 6.25. The molecule has 3 N–H and O–H groups in total. The fourth-order valence-corrected chi connectivity index (χ4v) is 1.16. The Morgan fingerprint density at radius 2 is 2.23 bits per heavy atom. The van der Waals surface area contributed by atoms with E-state index in [1.807, 2.05) is 13.0 Å². The third-order valence-electron chi connectivity index (χ3n) is 1.76. The highest BCUT2D eigenvalue weighted by atomic mass is 14.9. The van der Waals surface area contributed by atoms with Gasteiger partial charge in [0, 0.05) is 23.7 Å². The molecule has 0 amide bonds. The number of nitrogens with one attached hydrogen (secondary N) is 1. The van der Waals surface area contributed by atoms with Crippen molar-refractivity contribution in [2.45, 2.75) is 6.92 Å². The number of H-pyrrole nitrogens is 1. The highest BCUT2D eigenvalue weighted by molar-refractivity contribution is 5.58. The number of hydrogen-bond donors (Lipinski definition) is 2. The molecule has 0 atom stereocenters. The van der Waals surface area contributed by atoms with E-state index in [0.717, 1.165) is 17.1 Å². The van der Waals surface area contributed by atoms with Crippen LogP contribution in [0.3, 0.4) is 0 Å². The van der Waals surface area contributed by atoms with Gasteiger partial charge in [0.05, 0.1) is 0 Å². The van der Waals surface area contributed by atoms with E-state index >= 15 is 0 Å². The predicted octanol–water partition coefficient (Wildman–Crippen LogP) is 1.36. The van der Waals surface area contributed by atoms with Crippen LogP contribution in [-0.2, 0) is 0 Å². The van der Waals surface area contributed by atoms with E-state index in [4.69, 9.17) is 5.73 Å². The average molecular weight is 174 g/mol. The van der Waals surface area contributed by atoms with Gasteiger partial charge in [-0.05, 0) is 19.1 Å². The van der Waals surface area contributed by atoms with Gasteiger partial charge in [0.2, 0.25) is 0 Å². The van der Waals surface area contributed by atoms with Crippen molar-refractivity contribution < 1.29 is 0 Å². The summed E-state index contributed by atoms with van der Waals surface area (Å²) in [6.45, 7) is 1.96. The van der Waals surface area contributed by atoms with Gasteiger partial charge < -0.3 is 10.7 Å². The summed E-state index contributed by atoms with van der Waals surface area (Å²) in [4.78, 5) is 11.2. The van der Waals surface area contributed by atoms with Crippen LogP contribution in [0.15, 0.2) is 24.5 Å². The number of imidazole rings is 1. The number of anilines is 1. The number of pyridine rings is 1. The number of aryl methyl sites for hydroxylation is 1. The summed E-state index contributed by atoms with van der Waals surface area (Å²) in [7, 11) is 0. The summed E-state index contributed by atoms with van der Waals surface area (Å²) in [6, 6.07) is 3.66. The van der Waals surface area contributed by atoms with E-state index in [1.165, 1.54) is 0 Å². The second-order valence-corrected chi connectivity index (χ2v) is 2.88. The lowest BCUT2D eigenvalue weighted by atomic mass is 10.2. The molecule has 0 saturated heterocycles. The summed E-state index contributed by atoms with van der Waals surface area (Å²) >= 11 is 0. The molecule has 0 aliphatic rings. The lowest BCUT2D eigenvalue weighted by molar-refractivity contribution is 1.24. The molecule has 0 radical (unpaired) electrons. The van der Waals surface area contributed by atoms with Gasteiger partial charge in [-0.25, -0.2) is 9.97 Å². The van der Waals surface area contributed by atoms with Crippen LogP contribution >= 0.6 is 0 Å². The number of nitrogens with zero attached hydrogens (tertiary/aromatic N) is 2. The van der Waals surface area contributed by atoms with E-state index in [1.54, 1.807) is 18.5 Å². The predicted molar refractivity (Wildman–Crippen MR) is 51.0 cm³/mol. The third-order valence-corrected chi connectivity index (χ3v) is 1.76. The maximum Gasteiger partial charge on any atom is 0.137 e. The fourth-order valence-electron chi connectivity index (χ4n) is 1.16. The summed E-state index contributed by atoms with van der Waals surface area (Å²) in [5.41, 5.74) is 7.54. The van der Waals surface area contributed by atoms with Crippen molar-refractivity contribution in [3.63, 3.8) is 0 Å². The minimum atomic E-state index is 0.506. The standard InChI is InChI=1S/C9H10N4/c1-6-5-12-9(13-6)7-2-3-11-8(10)4-7/h2-5H,1H3,(H2,10,11)(H,12,13). The zero-order valence-electron chi connectivity index (χ0n) is 7.28. The number of aromatic nitrogens is 3. The molecule has 4 nitrogen and oxygen atoms in total. The van der Waals surface area contributed by atoms with Crippen molar-refractivity contribution in [2.75, 3.05) is 5.73 Å². The van der Waals surface area contributed by atoms with Gasteiger partial charge >= 0.3 is 0 Å². The Bertz CT molecular complexity index is 419. The number of nitrogen functional groups attached to an aromatic ring is 1. The summed E-state index contributed by atoms with van der Waals surface area (Å²) in [5, 5.41) is 0. The van der Waals surface area contributed by atoms with E-state index < -0.39 is 0 Å². The second-order valence-electron chi connectivity index (χ2n) is 2.88. The minimum absolute atomic E-state index is 0.506. The maximum absolute atomic E-state index is 5.55. The zero-order chi connectivity index (χ0) is 9.26. The fraction of sp³-hybridized carbons (Fsp3) is 0.111. The molecular formula is C9H10N4. The number of rotatable bonds is 1. The summed E-state index contributed by atoms with van der Waals surface area (Å²) < 4.78 is 0. The van der Waals surface area contributed by atoms with Crippen molar-refractivity contribution in [2.24, 2.45) is 0 Å². The molecule has 0 saturated carbocycles. The zero-order valence-corrected chi connectivity index (χ0v) is 7.28. The van der Waals surface area contributed by atoms with Crippen LogP contribution in [0.2, 0.25) is 0 Å². The Labute approximate surface area is 75.8 Å². The molecule has 2 heterocycles. The normalized spacial score (nSPS) is 10.2. The molecule has 0 unspecified atom stereocenters. The third kappa shape index (κ3) is 1.51. The van der Waals surface area contributed by atoms with Crippen LogP contribution in [0.5, 0.6) is 0 Å².